The molecule has 0 unspecified atom stereocenters. The van der Waals surface area contributed by atoms with Gasteiger partial charge in [-0.05, 0) is 41.5 Å². The van der Waals surface area contributed by atoms with Gasteiger partial charge in [-0.2, -0.15) is 0 Å². The van der Waals surface area contributed by atoms with Crippen LogP contribution < -0.4 is 0 Å². The maximum Gasteiger partial charge on any atom is 0.164 e. The first kappa shape index (κ1) is 32.7. The van der Waals surface area contributed by atoms with Gasteiger partial charge in [-0.1, -0.05) is 170 Å². The minimum atomic E-state index is 0.630. The zero-order valence-corrected chi connectivity index (χ0v) is 30.8. The largest absolute Gasteiger partial charge is 0.309 e. The van der Waals surface area contributed by atoms with E-state index in [1.54, 1.807) is 0 Å². The van der Waals surface area contributed by atoms with Crippen LogP contribution in [0, 0.1) is 0 Å². The van der Waals surface area contributed by atoms with E-state index in [1.165, 1.54) is 21.7 Å². The SMILES string of the molecule is c1ccc(-c2nc(-c3ccccc3)nc(-c3cccc(-c4ccc5c6ccc7c(-c8ccccc8)nc8ccccc8c7c6n(-c6ccccc6)c5c4)c3)n2)cc1. The summed E-state index contributed by atoms with van der Waals surface area (Å²) >= 11 is 0. The minimum absolute atomic E-state index is 0.630. The van der Waals surface area contributed by atoms with Crippen LogP contribution in [0.2, 0.25) is 0 Å². The summed E-state index contributed by atoms with van der Waals surface area (Å²) < 4.78 is 2.44. The van der Waals surface area contributed by atoms with Crippen molar-refractivity contribution in [3.05, 3.63) is 200 Å². The fourth-order valence-corrected chi connectivity index (χ4v) is 8.16. The highest BCUT2D eigenvalue weighted by molar-refractivity contribution is 6.27. The molecule has 8 aromatic carbocycles. The first-order valence-corrected chi connectivity index (χ1v) is 19.1. The summed E-state index contributed by atoms with van der Waals surface area (Å²) in [6, 6.07) is 69.8. The van der Waals surface area contributed by atoms with Crippen molar-refractivity contribution in [2.45, 2.75) is 0 Å². The standard InChI is InChI=1S/C52H33N5/c1-5-16-34(17-6-1)48-44-31-30-42-41-29-28-38(33-46(41)57(40-24-11-4-12-25-40)49(42)47(44)43-26-13-14-27-45(43)53-48)37-22-15-23-39(32-37)52-55-50(35-18-7-2-8-19-35)54-51(56-52)36-20-9-3-10-21-36/h1-33H. The Morgan fingerprint density at radius 3 is 1.51 bits per heavy atom. The number of hydrogen-bond acceptors (Lipinski definition) is 4. The van der Waals surface area contributed by atoms with Crippen LogP contribution in [0.3, 0.4) is 0 Å². The van der Waals surface area contributed by atoms with Crippen molar-refractivity contribution in [1.82, 2.24) is 24.5 Å². The number of fused-ring (bicyclic) bond motifs is 7. The second kappa shape index (κ2) is 13.5. The third kappa shape index (κ3) is 5.64. The minimum Gasteiger partial charge on any atom is -0.309 e. The van der Waals surface area contributed by atoms with Crippen LogP contribution in [0.15, 0.2) is 200 Å². The number of pyridine rings is 1. The number of aromatic nitrogens is 5. The van der Waals surface area contributed by atoms with E-state index in [-0.39, 0.29) is 0 Å². The van der Waals surface area contributed by atoms with E-state index in [2.05, 4.69) is 144 Å². The Kier molecular flexibility index (Phi) is 7.74. The first-order chi connectivity index (χ1) is 28.3. The van der Waals surface area contributed by atoms with Crippen molar-refractivity contribution in [1.29, 1.82) is 0 Å². The van der Waals surface area contributed by atoms with Gasteiger partial charge < -0.3 is 4.57 Å². The second-order valence-electron chi connectivity index (χ2n) is 14.2. The number of rotatable bonds is 6. The summed E-state index contributed by atoms with van der Waals surface area (Å²) in [5.74, 6) is 1.92. The molecule has 5 heteroatoms. The first-order valence-electron chi connectivity index (χ1n) is 19.1. The van der Waals surface area contributed by atoms with E-state index in [9.17, 15) is 0 Å². The normalized spacial score (nSPS) is 11.5. The number of nitrogens with zero attached hydrogens (tertiary/aromatic N) is 5. The van der Waals surface area contributed by atoms with Gasteiger partial charge in [0, 0.05) is 54.9 Å². The lowest BCUT2D eigenvalue weighted by molar-refractivity contribution is 1.07. The highest BCUT2D eigenvalue weighted by atomic mass is 15.0. The Morgan fingerprint density at radius 2 is 0.825 bits per heavy atom. The summed E-state index contributed by atoms with van der Waals surface area (Å²) in [7, 11) is 0. The molecule has 0 atom stereocenters. The molecule has 3 aromatic heterocycles. The van der Waals surface area contributed by atoms with Crippen molar-refractivity contribution in [3.63, 3.8) is 0 Å². The molecule has 3 heterocycles. The Morgan fingerprint density at radius 1 is 0.316 bits per heavy atom. The molecular formula is C52H33N5. The molecule has 0 bridgehead atoms. The molecule has 11 aromatic rings. The summed E-state index contributed by atoms with van der Waals surface area (Å²) in [5, 5.41) is 5.84. The lowest BCUT2D eigenvalue weighted by atomic mass is 9.97. The van der Waals surface area contributed by atoms with Crippen LogP contribution in [-0.2, 0) is 0 Å². The summed E-state index contributed by atoms with van der Waals surface area (Å²) in [6.45, 7) is 0. The predicted octanol–water partition coefficient (Wildman–Crippen LogP) is 13.0. The van der Waals surface area contributed by atoms with Crippen LogP contribution >= 0.6 is 0 Å². The molecule has 0 radical (unpaired) electrons. The van der Waals surface area contributed by atoms with E-state index in [0.29, 0.717) is 17.5 Å². The molecule has 11 rings (SSSR count). The van der Waals surface area contributed by atoms with Crippen molar-refractivity contribution in [2.24, 2.45) is 0 Å². The van der Waals surface area contributed by atoms with Crippen LogP contribution in [0.4, 0.5) is 0 Å². The molecule has 0 aliphatic rings. The summed E-state index contributed by atoms with van der Waals surface area (Å²) in [6.07, 6.45) is 0. The lowest BCUT2D eigenvalue weighted by Gasteiger charge is -2.14. The summed E-state index contributed by atoms with van der Waals surface area (Å²) in [4.78, 5) is 20.2. The van der Waals surface area contributed by atoms with Gasteiger partial charge in [0.25, 0.3) is 0 Å². The fraction of sp³-hybridized carbons (Fsp3) is 0. The number of hydrogen-bond donors (Lipinski definition) is 0. The Labute approximate surface area is 329 Å². The maximum absolute atomic E-state index is 5.25. The molecule has 0 saturated carbocycles. The maximum atomic E-state index is 5.25. The number of para-hydroxylation sites is 2. The third-order valence-electron chi connectivity index (χ3n) is 10.8. The Balaban J connectivity index is 1.14. The molecule has 0 amide bonds. The van der Waals surface area contributed by atoms with E-state index in [1.807, 2.05) is 60.7 Å². The van der Waals surface area contributed by atoms with Crippen LogP contribution in [0.5, 0.6) is 0 Å². The molecule has 57 heavy (non-hydrogen) atoms. The van der Waals surface area contributed by atoms with Gasteiger partial charge in [0.05, 0.1) is 22.2 Å². The van der Waals surface area contributed by atoms with Gasteiger partial charge in [0.1, 0.15) is 0 Å². The Bertz CT molecular complexity index is 3210. The van der Waals surface area contributed by atoms with Gasteiger partial charge in [-0.3, -0.25) is 0 Å². The lowest BCUT2D eigenvalue weighted by Crippen LogP contribution is -2.00. The van der Waals surface area contributed by atoms with E-state index in [4.69, 9.17) is 19.9 Å². The molecule has 5 nitrogen and oxygen atoms in total. The van der Waals surface area contributed by atoms with Crippen molar-refractivity contribution in [3.8, 4) is 62.2 Å². The van der Waals surface area contributed by atoms with E-state index >= 15 is 0 Å². The topological polar surface area (TPSA) is 56.5 Å². The van der Waals surface area contributed by atoms with Crippen molar-refractivity contribution in [2.75, 3.05) is 0 Å². The van der Waals surface area contributed by atoms with Crippen LogP contribution in [0.25, 0.3) is 106 Å². The molecule has 0 fully saturated rings. The fourth-order valence-electron chi connectivity index (χ4n) is 8.16. The average Bonchev–Trinajstić information content (AvgIpc) is 3.63. The molecule has 0 spiro atoms. The smallest absolute Gasteiger partial charge is 0.164 e. The van der Waals surface area contributed by atoms with E-state index in [0.717, 1.165) is 66.6 Å². The van der Waals surface area contributed by atoms with Crippen LogP contribution in [-0.4, -0.2) is 24.5 Å². The van der Waals surface area contributed by atoms with E-state index < -0.39 is 0 Å². The zero-order chi connectivity index (χ0) is 37.7. The molecule has 0 aliphatic heterocycles. The zero-order valence-electron chi connectivity index (χ0n) is 30.8. The summed E-state index contributed by atoms with van der Waals surface area (Å²) in [5.41, 5.74) is 11.5. The molecule has 0 saturated heterocycles. The van der Waals surface area contributed by atoms with Gasteiger partial charge in [-0.15, -0.1) is 0 Å². The van der Waals surface area contributed by atoms with Gasteiger partial charge >= 0.3 is 0 Å². The highest BCUT2D eigenvalue weighted by Crippen LogP contribution is 2.43. The van der Waals surface area contributed by atoms with Gasteiger partial charge in [-0.25, -0.2) is 19.9 Å². The monoisotopic (exact) mass is 727 g/mol. The number of benzene rings is 8. The molecule has 0 aliphatic carbocycles. The van der Waals surface area contributed by atoms with Crippen molar-refractivity contribution >= 4 is 43.5 Å². The second-order valence-corrected chi connectivity index (χ2v) is 14.2. The van der Waals surface area contributed by atoms with Gasteiger partial charge in [0.2, 0.25) is 0 Å². The molecule has 0 N–H and O–H groups in total. The Hall–Kier alpha value is -7.76. The third-order valence-corrected chi connectivity index (χ3v) is 10.8. The molecular weight excluding hydrogens is 695 g/mol. The average molecular weight is 728 g/mol. The highest BCUT2D eigenvalue weighted by Gasteiger charge is 2.21. The van der Waals surface area contributed by atoms with Gasteiger partial charge in [0.15, 0.2) is 17.5 Å². The predicted molar refractivity (Wildman–Crippen MR) is 234 cm³/mol. The quantitative estimate of drug-likeness (QED) is 0.160. The van der Waals surface area contributed by atoms with Crippen molar-refractivity contribution < 1.29 is 0 Å². The van der Waals surface area contributed by atoms with Crippen LogP contribution in [0.1, 0.15) is 0 Å². The molecule has 266 valence electrons.